The highest BCUT2D eigenvalue weighted by molar-refractivity contribution is 7.12. The number of rotatable bonds is 6. The molecule has 0 spiro atoms. The van der Waals surface area contributed by atoms with E-state index < -0.39 is 4.92 Å². The van der Waals surface area contributed by atoms with Crippen molar-refractivity contribution in [3.05, 3.63) is 21.1 Å². The van der Waals surface area contributed by atoms with E-state index in [0.717, 1.165) is 17.8 Å². The molecule has 1 N–H and O–H groups in total. The molecule has 1 heterocycles. The predicted octanol–water partition coefficient (Wildman–Crippen LogP) is 0.821. The van der Waals surface area contributed by atoms with Gasteiger partial charge in [-0.25, -0.2) is 0 Å². The molecular formula is C11H16N4O4S. The van der Waals surface area contributed by atoms with E-state index in [1.54, 1.807) is 6.92 Å². The summed E-state index contributed by atoms with van der Waals surface area (Å²) < 4.78 is 1.32. The number of aromatic nitrogens is 1. The first kappa shape index (κ1) is 16.0. The highest BCUT2D eigenvalue weighted by Crippen LogP contribution is 2.14. The molecular weight excluding hydrogens is 284 g/mol. The number of nitro groups is 1. The Bertz CT molecular complexity index is 575. The first-order valence-electron chi connectivity index (χ1n) is 6.16. The summed E-state index contributed by atoms with van der Waals surface area (Å²) in [6.07, 6.45) is 2.22. The van der Waals surface area contributed by atoms with E-state index >= 15 is 0 Å². The molecule has 0 aliphatic heterocycles. The van der Waals surface area contributed by atoms with E-state index in [2.05, 4.69) is 10.3 Å². The monoisotopic (exact) mass is 300 g/mol. The Morgan fingerprint density at radius 2 is 2.20 bits per heavy atom. The first-order chi connectivity index (χ1) is 9.47. The van der Waals surface area contributed by atoms with Crippen LogP contribution in [0.15, 0.2) is 11.2 Å². The summed E-state index contributed by atoms with van der Waals surface area (Å²) in [5.41, 5.74) is 0. The summed E-state index contributed by atoms with van der Waals surface area (Å²) in [5, 5.41) is 13.3. The second-order valence-corrected chi connectivity index (χ2v) is 4.93. The van der Waals surface area contributed by atoms with Crippen LogP contribution >= 0.6 is 11.3 Å². The third kappa shape index (κ3) is 4.57. The number of carbonyl (C=O) groups is 2. The number of carbonyl (C=O) groups excluding carboxylic acids is 2. The fourth-order valence-electron chi connectivity index (χ4n) is 1.31. The van der Waals surface area contributed by atoms with Gasteiger partial charge in [-0.15, -0.1) is 0 Å². The minimum absolute atomic E-state index is 0.0971. The third-order valence-corrected chi connectivity index (χ3v) is 3.27. The van der Waals surface area contributed by atoms with Crippen molar-refractivity contribution in [2.45, 2.75) is 33.2 Å². The molecule has 9 heteroatoms. The lowest BCUT2D eigenvalue weighted by Crippen LogP contribution is -2.31. The van der Waals surface area contributed by atoms with E-state index in [0.29, 0.717) is 6.54 Å². The second kappa shape index (κ2) is 7.53. The molecule has 0 fully saturated rings. The van der Waals surface area contributed by atoms with Gasteiger partial charge in [-0.2, -0.15) is 4.99 Å². The van der Waals surface area contributed by atoms with Crippen molar-refractivity contribution < 1.29 is 14.5 Å². The van der Waals surface area contributed by atoms with Crippen LogP contribution in [0.2, 0.25) is 0 Å². The maximum atomic E-state index is 11.6. The van der Waals surface area contributed by atoms with Crippen molar-refractivity contribution in [2.75, 3.05) is 6.54 Å². The Morgan fingerprint density at radius 1 is 1.50 bits per heavy atom. The molecule has 0 aliphatic carbocycles. The number of nitrogens with one attached hydrogen (secondary N) is 1. The molecule has 2 amide bonds. The van der Waals surface area contributed by atoms with Gasteiger partial charge in [0.25, 0.3) is 0 Å². The van der Waals surface area contributed by atoms with Crippen LogP contribution in [0.25, 0.3) is 0 Å². The molecule has 1 aromatic rings. The summed E-state index contributed by atoms with van der Waals surface area (Å²) in [7, 11) is 0. The number of hydrogen-bond donors (Lipinski definition) is 1. The fourth-order valence-corrected chi connectivity index (χ4v) is 2.14. The lowest BCUT2D eigenvalue weighted by atomic mass is 10.4. The lowest BCUT2D eigenvalue weighted by Gasteiger charge is -2.03. The molecule has 8 nitrogen and oxygen atoms in total. The maximum absolute atomic E-state index is 11.6. The van der Waals surface area contributed by atoms with E-state index in [-0.39, 0.29) is 34.6 Å². The molecule has 0 radical (unpaired) electrons. The number of thiazole rings is 1. The van der Waals surface area contributed by atoms with E-state index in [4.69, 9.17) is 0 Å². The van der Waals surface area contributed by atoms with Gasteiger partial charge in [-0.05, 0) is 17.8 Å². The molecule has 0 aliphatic rings. The summed E-state index contributed by atoms with van der Waals surface area (Å²) >= 11 is 0.774. The van der Waals surface area contributed by atoms with Crippen molar-refractivity contribution >= 4 is 28.2 Å². The van der Waals surface area contributed by atoms with Crippen molar-refractivity contribution in [1.82, 2.24) is 9.88 Å². The molecule has 0 unspecified atom stereocenters. The van der Waals surface area contributed by atoms with Crippen molar-refractivity contribution in [1.29, 1.82) is 0 Å². The minimum Gasteiger partial charge on any atom is -0.355 e. The topological polar surface area (TPSA) is 107 Å². The molecule has 0 atom stereocenters. The Labute approximate surface area is 119 Å². The zero-order chi connectivity index (χ0) is 15.1. The molecule has 1 aromatic heterocycles. The normalized spacial score (nSPS) is 11.4. The summed E-state index contributed by atoms with van der Waals surface area (Å²) in [6, 6.07) is 0. The number of hydrogen-bond acceptors (Lipinski definition) is 5. The van der Waals surface area contributed by atoms with E-state index in [1.807, 2.05) is 6.92 Å². The van der Waals surface area contributed by atoms with Gasteiger partial charge in [-0.3, -0.25) is 19.7 Å². The second-order valence-electron chi connectivity index (χ2n) is 3.95. The van der Waals surface area contributed by atoms with Gasteiger partial charge in [0.05, 0.1) is 11.1 Å². The van der Waals surface area contributed by atoms with Crippen molar-refractivity contribution in [2.24, 2.45) is 4.99 Å². The number of nitrogens with zero attached hydrogens (tertiary/aromatic N) is 3. The maximum Gasteiger partial charge on any atom is 0.343 e. The van der Waals surface area contributed by atoms with Crippen LogP contribution in [-0.4, -0.2) is 27.8 Å². The highest BCUT2D eigenvalue weighted by atomic mass is 32.1. The Balaban J connectivity index is 3.04. The van der Waals surface area contributed by atoms with Crippen LogP contribution in [0.1, 0.15) is 26.7 Å². The quantitative estimate of drug-likeness (QED) is 0.620. The standard InChI is InChI=1S/C11H16N4O4S/c1-3-5-12-9(17)6-14-7-10(15(18)19)20-11(14)13-8(16)4-2/h7H,3-6H2,1-2H3,(H,12,17). The number of amides is 2. The Hall–Kier alpha value is -2.03. The lowest BCUT2D eigenvalue weighted by molar-refractivity contribution is -0.380. The van der Waals surface area contributed by atoms with E-state index in [9.17, 15) is 19.7 Å². The van der Waals surface area contributed by atoms with Gasteiger partial charge >= 0.3 is 5.00 Å². The molecule has 0 bridgehead atoms. The molecule has 0 aromatic carbocycles. The summed E-state index contributed by atoms with van der Waals surface area (Å²) in [6.45, 7) is 4.00. The van der Waals surface area contributed by atoms with Gasteiger partial charge in [0, 0.05) is 13.0 Å². The predicted molar refractivity (Wildman–Crippen MR) is 73.1 cm³/mol. The van der Waals surface area contributed by atoms with Crippen molar-refractivity contribution in [3.63, 3.8) is 0 Å². The van der Waals surface area contributed by atoms with Gasteiger partial charge < -0.3 is 9.88 Å². The Kier molecular flexibility index (Phi) is 6.04. The highest BCUT2D eigenvalue weighted by Gasteiger charge is 2.15. The SMILES string of the molecule is CCCNC(=O)Cn1cc([N+](=O)[O-])sc1=NC(=O)CC. The average Bonchev–Trinajstić information content (AvgIpc) is 2.79. The molecule has 110 valence electrons. The van der Waals surface area contributed by atoms with Crippen LogP contribution in [0.3, 0.4) is 0 Å². The van der Waals surface area contributed by atoms with E-state index in [1.165, 1.54) is 10.8 Å². The van der Waals surface area contributed by atoms with Gasteiger partial charge in [0.1, 0.15) is 6.54 Å². The smallest absolute Gasteiger partial charge is 0.343 e. The van der Waals surface area contributed by atoms with Gasteiger partial charge in [0.2, 0.25) is 11.8 Å². The van der Waals surface area contributed by atoms with Crippen LogP contribution < -0.4 is 10.1 Å². The third-order valence-electron chi connectivity index (χ3n) is 2.30. The van der Waals surface area contributed by atoms with Crippen LogP contribution in [0.4, 0.5) is 5.00 Å². The fraction of sp³-hybridized carbons (Fsp3) is 0.545. The van der Waals surface area contributed by atoms with Crippen LogP contribution in [0.5, 0.6) is 0 Å². The first-order valence-corrected chi connectivity index (χ1v) is 6.98. The summed E-state index contributed by atoms with van der Waals surface area (Å²) in [4.78, 5) is 37.1. The minimum atomic E-state index is -0.569. The Morgan fingerprint density at radius 3 is 2.75 bits per heavy atom. The van der Waals surface area contributed by atoms with Gasteiger partial charge in [-0.1, -0.05) is 13.8 Å². The zero-order valence-corrected chi connectivity index (χ0v) is 12.1. The molecule has 1 rings (SSSR count). The summed E-state index contributed by atoms with van der Waals surface area (Å²) in [5.74, 6) is -0.658. The van der Waals surface area contributed by atoms with Crippen molar-refractivity contribution in [3.8, 4) is 0 Å². The zero-order valence-electron chi connectivity index (χ0n) is 11.3. The molecule has 0 saturated carbocycles. The largest absolute Gasteiger partial charge is 0.355 e. The van der Waals surface area contributed by atoms with Gasteiger partial charge in [0.15, 0.2) is 4.80 Å². The average molecular weight is 300 g/mol. The van der Waals surface area contributed by atoms with Crippen LogP contribution in [0, 0.1) is 10.1 Å². The molecule has 20 heavy (non-hydrogen) atoms. The van der Waals surface area contributed by atoms with Crippen LogP contribution in [-0.2, 0) is 16.1 Å². The molecule has 0 saturated heterocycles.